The van der Waals surface area contributed by atoms with Gasteiger partial charge in [0.05, 0.1) is 6.04 Å². The van der Waals surface area contributed by atoms with Crippen LogP contribution in [-0.2, 0) is 0 Å². The van der Waals surface area contributed by atoms with E-state index in [0.717, 1.165) is 24.1 Å². The van der Waals surface area contributed by atoms with E-state index in [1.54, 1.807) is 0 Å². The van der Waals surface area contributed by atoms with Crippen molar-refractivity contribution >= 4 is 22.9 Å². The number of aryl methyl sites for hydroxylation is 1. The summed E-state index contributed by atoms with van der Waals surface area (Å²) in [6.07, 6.45) is 6.65. The Hall–Kier alpha value is -2.07. The Morgan fingerprint density at radius 1 is 1.35 bits per heavy atom. The van der Waals surface area contributed by atoms with Crippen molar-refractivity contribution in [3.63, 3.8) is 0 Å². The molecule has 136 valence electrons. The van der Waals surface area contributed by atoms with Crippen molar-refractivity contribution in [1.29, 1.82) is 0 Å². The topological polar surface area (TPSA) is 41.1 Å². The van der Waals surface area contributed by atoms with Crippen molar-refractivity contribution < 1.29 is 4.79 Å². The molecule has 4 atom stereocenters. The quantitative estimate of drug-likeness (QED) is 0.710. The first-order valence-electron chi connectivity index (χ1n) is 9.51. The number of amides is 1. The molecule has 1 aromatic carbocycles. The van der Waals surface area contributed by atoms with Crippen molar-refractivity contribution in [2.75, 3.05) is 5.32 Å². The van der Waals surface area contributed by atoms with Crippen LogP contribution in [-0.4, -0.2) is 11.9 Å². The molecule has 3 nitrogen and oxygen atoms in total. The smallest absolute Gasteiger partial charge is 0.251 e. The summed E-state index contributed by atoms with van der Waals surface area (Å²) in [4.78, 5) is 15.3. The SMILES string of the molecule is CCC(C)NC(=O)c1ccc2c(c1)C1C=CCC1C(c1ccc(C)s1)N2. The summed E-state index contributed by atoms with van der Waals surface area (Å²) < 4.78 is 0. The maximum atomic E-state index is 12.5. The number of rotatable bonds is 4. The standard InChI is InChI=1S/C22H26N2OS/c1-4-13(2)23-22(25)15-9-10-19-18(12-15)16-6-5-7-17(16)21(24-19)20-11-8-14(3)26-20/h5-6,8-13,16-17,21,24H,4,7H2,1-3H3,(H,23,25). The molecule has 1 aliphatic carbocycles. The Kier molecular flexibility index (Phi) is 4.62. The fourth-order valence-corrected chi connectivity index (χ4v) is 5.05. The van der Waals surface area contributed by atoms with Gasteiger partial charge in [0, 0.05) is 33.0 Å². The van der Waals surface area contributed by atoms with Crippen LogP contribution in [0.5, 0.6) is 0 Å². The van der Waals surface area contributed by atoms with Crippen LogP contribution in [0.3, 0.4) is 0 Å². The van der Waals surface area contributed by atoms with Gasteiger partial charge in [0.15, 0.2) is 0 Å². The normalized spacial score (nSPS) is 24.5. The maximum Gasteiger partial charge on any atom is 0.251 e. The van der Waals surface area contributed by atoms with Gasteiger partial charge in [-0.1, -0.05) is 19.1 Å². The molecule has 2 N–H and O–H groups in total. The zero-order chi connectivity index (χ0) is 18.3. The first-order chi connectivity index (χ1) is 12.6. The Labute approximate surface area is 159 Å². The van der Waals surface area contributed by atoms with Gasteiger partial charge < -0.3 is 10.6 Å². The molecule has 0 spiro atoms. The Morgan fingerprint density at radius 2 is 2.19 bits per heavy atom. The van der Waals surface area contributed by atoms with Gasteiger partial charge in [0.1, 0.15) is 0 Å². The number of nitrogens with one attached hydrogen (secondary N) is 2. The number of benzene rings is 1. The Morgan fingerprint density at radius 3 is 2.92 bits per heavy atom. The molecular formula is C22H26N2OS. The molecule has 4 unspecified atom stereocenters. The first-order valence-corrected chi connectivity index (χ1v) is 10.3. The van der Waals surface area contributed by atoms with Crippen LogP contribution >= 0.6 is 11.3 Å². The fraction of sp³-hybridized carbons (Fsp3) is 0.409. The van der Waals surface area contributed by atoms with Gasteiger partial charge in [-0.25, -0.2) is 0 Å². The lowest BCUT2D eigenvalue weighted by Crippen LogP contribution is -2.32. The van der Waals surface area contributed by atoms with E-state index in [0.29, 0.717) is 17.9 Å². The highest BCUT2D eigenvalue weighted by atomic mass is 32.1. The van der Waals surface area contributed by atoms with Crippen LogP contribution in [0, 0.1) is 12.8 Å². The van der Waals surface area contributed by atoms with Gasteiger partial charge in [0.2, 0.25) is 0 Å². The van der Waals surface area contributed by atoms with Crippen molar-refractivity contribution in [3.8, 4) is 0 Å². The van der Waals surface area contributed by atoms with E-state index in [1.807, 2.05) is 24.3 Å². The van der Waals surface area contributed by atoms with Gasteiger partial charge in [0.25, 0.3) is 5.91 Å². The molecule has 0 saturated carbocycles. The average molecular weight is 367 g/mol. The largest absolute Gasteiger partial charge is 0.377 e. The van der Waals surface area contributed by atoms with E-state index in [1.165, 1.54) is 15.3 Å². The van der Waals surface area contributed by atoms with E-state index >= 15 is 0 Å². The number of hydrogen-bond donors (Lipinski definition) is 2. The Balaban J connectivity index is 1.65. The molecule has 2 aliphatic rings. The second-order valence-corrected chi connectivity index (χ2v) is 8.83. The van der Waals surface area contributed by atoms with Crippen molar-refractivity contribution in [3.05, 3.63) is 63.4 Å². The van der Waals surface area contributed by atoms with Crippen molar-refractivity contribution in [2.45, 2.75) is 51.6 Å². The number of fused-ring (bicyclic) bond motifs is 3. The molecule has 4 heteroatoms. The molecule has 0 radical (unpaired) electrons. The zero-order valence-electron chi connectivity index (χ0n) is 15.6. The number of carbonyl (C=O) groups excluding carboxylic acids is 1. The first kappa shape index (κ1) is 17.3. The van der Waals surface area contributed by atoms with Crippen LogP contribution in [0.25, 0.3) is 0 Å². The molecule has 1 aliphatic heterocycles. The second-order valence-electron chi connectivity index (χ2n) is 7.51. The molecule has 26 heavy (non-hydrogen) atoms. The molecule has 4 rings (SSSR count). The highest BCUT2D eigenvalue weighted by molar-refractivity contribution is 7.12. The maximum absolute atomic E-state index is 12.5. The molecule has 1 aromatic heterocycles. The van der Waals surface area contributed by atoms with Crippen molar-refractivity contribution in [1.82, 2.24) is 5.32 Å². The number of carbonyl (C=O) groups is 1. The van der Waals surface area contributed by atoms with Crippen LogP contribution in [0.4, 0.5) is 5.69 Å². The molecule has 2 aromatic rings. The summed E-state index contributed by atoms with van der Waals surface area (Å²) in [6.45, 7) is 6.29. The average Bonchev–Trinajstić information content (AvgIpc) is 3.29. The molecule has 0 fully saturated rings. The number of anilines is 1. The van der Waals surface area contributed by atoms with E-state index < -0.39 is 0 Å². The summed E-state index contributed by atoms with van der Waals surface area (Å²) in [5.41, 5.74) is 3.18. The van der Waals surface area contributed by atoms with Gasteiger partial charge in [-0.2, -0.15) is 0 Å². The minimum absolute atomic E-state index is 0.0247. The van der Waals surface area contributed by atoms with Crippen LogP contribution in [0.15, 0.2) is 42.5 Å². The highest BCUT2D eigenvalue weighted by Crippen LogP contribution is 2.50. The lowest BCUT2D eigenvalue weighted by Gasteiger charge is -2.37. The molecule has 2 heterocycles. The van der Waals surface area contributed by atoms with Crippen LogP contribution in [0.2, 0.25) is 0 Å². The van der Waals surface area contributed by atoms with Gasteiger partial charge in [-0.15, -0.1) is 11.3 Å². The lowest BCUT2D eigenvalue weighted by molar-refractivity contribution is 0.0939. The van der Waals surface area contributed by atoms with E-state index in [-0.39, 0.29) is 11.9 Å². The van der Waals surface area contributed by atoms with Gasteiger partial charge in [-0.3, -0.25) is 4.79 Å². The molecule has 0 bridgehead atoms. The highest BCUT2D eigenvalue weighted by Gasteiger charge is 2.38. The third-order valence-electron chi connectivity index (χ3n) is 5.68. The predicted octanol–water partition coefficient (Wildman–Crippen LogP) is 5.41. The van der Waals surface area contributed by atoms with Gasteiger partial charge >= 0.3 is 0 Å². The number of hydrogen-bond acceptors (Lipinski definition) is 3. The van der Waals surface area contributed by atoms with Gasteiger partial charge in [-0.05, 0) is 68.5 Å². The minimum Gasteiger partial charge on any atom is -0.377 e. The minimum atomic E-state index is 0.0247. The summed E-state index contributed by atoms with van der Waals surface area (Å²) in [5.74, 6) is 0.931. The van der Waals surface area contributed by atoms with Crippen LogP contribution < -0.4 is 10.6 Å². The molecular weight excluding hydrogens is 340 g/mol. The third-order valence-corrected chi connectivity index (χ3v) is 6.77. The summed E-state index contributed by atoms with van der Waals surface area (Å²) >= 11 is 1.88. The Bertz CT molecular complexity index is 854. The molecule has 1 amide bonds. The van der Waals surface area contributed by atoms with E-state index in [4.69, 9.17) is 0 Å². The van der Waals surface area contributed by atoms with E-state index in [9.17, 15) is 4.79 Å². The summed E-state index contributed by atoms with van der Waals surface area (Å²) in [7, 11) is 0. The summed E-state index contributed by atoms with van der Waals surface area (Å²) in [6, 6.07) is 11.1. The third kappa shape index (κ3) is 3.07. The predicted molar refractivity (Wildman–Crippen MR) is 109 cm³/mol. The van der Waals surface area contributed by atoms with Crippen molar-refractivity contribution in [2.24, 2.45) is 5.92 Å². The van der Waals surface area contributed by atoms with E-state index in [2.05, 4.69) is 60.9 Å². The lowest BCUT2D eigenvalue weighted by atomic mass is 9.78. The monoisotopic (exact) mass is 366 g/mol. The second kappa shape index (κ2) is 6.92. The zero-order valence-corrected chi connectivity index (χ0v) is 16.4. The summed E-state index contributed by atoms with van der Waals surface area (Å²) in [5, 5.41) is 6.83. The number of allylic oxidation sites excluding steroid dienone is 2. The number of thiophene rings is 1. The fourth-order valence-electron chi connectivity index (χ4n) is 4.05. The van der Waals surface area contributed by atoms with Crippen LogP contribution in [0.1, 0.15) is 64.3 Å². The molecule has 0 saturated heterocycles.